The highest BCUT2D eigenvalue weighted by molar-refractivity contribution is 6.07. The van der Waals surface area contributed by atoms with Crippen LogP contribution < -0.4 is 11.4 Å². The maximum atomic E-state index is 13.3. The number of nitrogens with one attached hydrogen (secondary N) is 2. The van der Waals surface area contributed by atoms with Gasteiger partial charge in [-0.25, -0.2) is 18.4 Å². The molecule has 0 aliphatic carbocycles. The maximum Gasteiger partial charge on any atom is 0.351 e. The van der Waals surface area contributed by atoms with E-state index in [0.717, 1.165) is 19.3 Å². The molecule has 0 unspecified atom stereocenters. The van der Waals surface area contributed by atoms with Crippen molar-refractivity contribution in [3.8, 4) is 0 Å². The summed E-state index contributed by atoms with van der Waals surface area (Å²) in [6.45, 7) is 6.15. The molecule has 1 heterocycles. The van der Waals surface area contributed by atoms with Crippen LogP contribution in [-0.2, 0) is 0 Å². The van der Waals surface area contributed by atoms with E-state index in [-0.39, 0.29) is 23.4 Å². The molecule has 0 radical (unpaired) electrons. The minimum Gasteiger partial charge on any atom is -0.291 e. The molecular formula is C13H16F2N4O2. The molecule has 8 heteroatoms. The van der Waals surface area contributed by atoms with Crippen molar-refractivity contribution >= 4 is 11.8 Å². The van der Waals surface area contributed by atoms with Crippen LogP contribution in [0.25, 0.3) is 5.57 Å². The van der Waals surface area contributed by atoms with Gasteiger partial charge in [-0.3, -0.25) is 15.0 Å². The maximum absolute atomic E-state index is 13.3. The van der Waals surface area contributed by atoms with Gasteiger partial charge < -0.3 is 0 Å². The van der Waals surface area contributed by atoms with Crippen molar-refractivity contribution in [3.63, 3.8) is 0 Å². The molecule has 0 aliphatic heterocycles. The summed E-state index contributed by atoms with van der Waals surface area (Å²) in [6, 6.07) is 0. The predicted octanol–water partition coefficient (Wildman–Crippen LogP) is 1.88. The molecule has 1 rings (SSSR count). The highest BCUT2D eigenvalue weighted by Crippen LogP contribution is 2.26. The molecule has 0 spiro atoms. The standard InChI is InChI=1S/C13H16F2N4O2/c1-4-5-9(13(3,14)15)7-16-6-8(2)10-17-11(20)19-12(21)18-10/h6-7H,2,4-5H2,1,3H3,(H2,17,18,19,20,21). The van der Waals surface area contributed by atoms with Gasteiger partial charge in [0.2, 0.25) is 0 Å². The summed E-state index contributed by atoms with van der Waals surface area (Å²) in [5, 5.41) is 0. The lowest BCUT2D eigenvalue weighted by Crippen LogP contribution is -2.26. The number of hydrogen-bond acceptors (Lipinski definition) is 4. The third-order valence-electron chi connectivity index (χ3n) is 2.51. The van der Waals surface area contributed by atoms with Crippen LogP contribution in [0.3, 0.4) is 0 Å². The zero-order valence-electron chi connectivity index (χ0n) is 11.7. The molecule has 0 aliphatic rings. The minimum absolute atomic E-state index is 0.0683. The first kappa shape index (κ1) is 16.7. The van der Waals surface area contributed by atoms with Gasteiger partial charge in [0.15, 0.2) is 0 Å². The van der Waals surface area contributed by atoms with Gasteiger partial charge in [0.25, 0.3) is 5.92 Å². The van der Waals surface area contributed by atoms with Crippen LogP contribution in [0.2, 0.25) is 0 Å². The lowest BCUT2D eigenvalue weighted by Gasteiger charge is -2.13. The average molecular weight is 298 g/mol. The first-order valence-corrected chi connectivity index (χ1v) is 6.24. The van der Waals surface area contributed by atoms with Crippen LogP contribution in [0.1, 0.15) is 32.5 Å². The van der Waals surface area contributed by atoms with E-state index >= 15 is 0 Å². The van der Waals surface area contributed by atoms with Gasteiger partial charge in [0.1, 0.15) is 5.82 Å². The number of rotatable bonds is 6. The lowest BCUT2D eigenvalue weighted by molar-refractivity contribution is 0.0592. The van der Waals surface area contributed by atoms with E-state index in [1.165, 1.54) is 0 Å². The Balaban J connectivity index is 2.95. The van der Waals surface area contributed by atoms with Gasteiger partial charge in [-0.15, -0.1) is 0 Å². The smallest absolute Gasteiger partial charge is 0.291 e. The molecule has 21 heavy (non-hydrogen) atoms. The number of H-pyrrole nitrogens is 2. The summed E-state index contributed by atoms with van der Waals surface area (Å²) < 4.78 is 26.5. The summed E-state index contributed by atoms with van der Waals surface area (Å²) in [6.07, 6.45) is 2.99. The molecule has 114 valence electrons. The Hall–Kier alpha value is -2.38. The molecule has 0 saturated carbocycles. The van der Waals surface area contributed by atoms with Crippen LogP contribution in [0.4, 0.5) is 8.78 Å². The van der Waals surface area contributed by atoms with E-state index in [4.69, 9.17) is 0 Å². The van der Waals surface area contributed by atoms with E-state index in [2.05, 4.69) is 21.5 Å². The first-order chi connectivity index (χ1) is 9.74. The van der Waals surface area contributed by atoms with E-state index in [9.17, 15) is 18.4 Å². The monoisotopic (exact) mass is 298 g/mol. The van der Waals surface area contributed by atoms with Gasteiger partial charge in [0.05, 0.1) is 0 Å². The zero-order chi connectivity index (χ0) is 16.0. The summed E-state index contributed by atoms with van der Waals surface area (Å²) in [5.74, 6) is -3.02. The highest BCUT2D eigenvalue weighted by Gasteiger charge is 2.26. The fourth-order valence-corrected chi connectivity index (χ4v) is 1.49. The second kappa shape index (κ2) is 6.87. The SMILES string of the molecule is C=C(C=NC=C(CCC)C(C)(F)F)c1nc(=O)[nH]c(=O)[nH]1. The number of hydrogen-bond donors (Lipinski definition) is 2. The summed E-state index contributed by atoms with van der Waals surface area (Å²) in [7, 11) is 0. The van der Waals surface area contributed by atoms with Crippen molar-refractivity contribution in [2.24, 2.45) is 4.99 Å². The number of aromatic nitrogens is 3. The van der Waals surface area contributed by atoms with Gasteiger partial charge in [-0.2, -0.15) is 4.98 Å². The fourth-order valence-electron chi connectivity index (χ4n) is 1.49. The molecule has 1 aromatic heterocycles. The number of allylic oxidation sites excluding steroid dienone is 2. The van der Waals surface area contributed by atoms with Crippen molar-refractivity contribution < 1.29 is 8.78 Å². The highest BCUT2D eigenvalue weighted by atomic mass is 19.3. The average Bonchev–Trinajstić information content (AvgIpc) is 2.35. The van der Waals surface area contributed by atoms with Crippen molar-refractivity contribution in [1.82, 2.24) is 15.0 Å². The Morgan fingerprint density at radius 1 is 1.43 bits per heavy atom. The van der Waals surface area contributed by atoms with Crippen molar-refractivity contribution in [3.05, 3.63) is 45.1 Å². The van der Waals surface area contributed by atoms with Crippen LogP contribution in [-0.4, -0.2) is 27.1 Å². The van der Waals surface area contributed by atoms with Crippen LogP contribution in [0, 0.1) is 0 Å². The van der Waals surface area contributed by atoms with Crippen molar-refractivity contribution in [2.45, 2.75) is 32.6 Å². The molecule has 0 aromatic carbocycles. The molecule has 0 fully saturated rings. The minimum atomic E-state index is -2.95. The molecule has 0 bridgehead atoms. The Labute approximate surface area is 119 Å². The van der Waals surface area contributed by atoms with Crippen molar-refractivity contribution in [1.29, 1.82) is 0 Å². The Bertz CT molecular complexity index is 652. The summed E-state index contributed by atoms with van der Waals surface area (Å²) in [5.41, 5.74) is -1.54. The molecule has 1 aromatic rings. The van der Waals surface area contributed by atoms with Gasteiger partial charge in [-0.05, 0) is 6.42 Å². The number of aliphatic imine (C=N–C) groups is 1. The summed E-state index contributed by atoms with van der Waals surface area (Å²) in [4.78, 5) is 33.5. The second-order valence-corrected chi connectivity index (χ2v) is 4.44. The van der Waals surface area contributed by atoms with Crippen LogP contribution in [0.5, 0.6) is 0 Å². The molecule has 2 N–H and O–H groups in total. The zero-order valence-corrected chi connectivity index (χ0v) is 11.7. The second-order valence-electron chi connectivity index (χ2n) is 4.44. The Kier molecular flexibility index (Phi) is 5.45. The third kappa shape index (κ3) is 5.25. The van der Waals surface area contributed by atoms with Crippen LogP contribution >= 0.6 is 0 Å². The van der Waals surface area contributed by atoms with Crippen molar-refractivity contribution in [2.75, 3.05) is 0 Å². The van der Waals surface area contributed by atoms with Gasteiger partial charge >= 0.3 is 11.4 Å². The van der Waals surface area contributed by atoms with E-state index in [0.29, 0.717) is 6.42 Å². The van der Waals surface area contributed by atoms with E-state index < -0.39 is 17.3 Å². The van der Waals surface area contributed by atoms with Gasteiger partial charge in [0, 0.05) is 30.5 Å². The quantitative estimate of drug-likeness (QED) is 0.786. The topological polar surface area (TPSA) is 91.0 Å². The summed E-state index contributed by atoms with van der Waals surface area (Å²) >= 11 is 0. The normalized spacial score (nSPS) is 12.9. The molecule has 6 nitrogen and oxygen atoms in total. The Morgan fingerprint density at radius 2 is 2.10 bits per heavy atom. The molecule has 0 saturated heterocycles. The van der Waals surface area contributed by atoms with Crippen LogP contribution in [0.15, 0.2) is 32.9 Å². The fraction of sp³-hybridized carbons (Fsp3) is 0.385. The first-order valence-electron chi connectivity index (χ1n) is 6.24. The largest absolute Gasteiger partial charge is 0.351 e. The number of alkyl halides is 2. The van der Waals surface area contributed by atoms with Gasteiger partial charge in [-0.1, -0.05) is 19.9 Å². The number of halogens is 2. The van der Waals surface area contributed by atoms with E-state index in [1.54, 1.807) is 6.92 Å². The Morgan fingerprint density at radius 3 is 2.62 bits per heavy atom. The number of aromatic amines is 2. The molecule has 0 amide bonds. The predicted molar refractivity (Wildman–Crippen MR) is 76.6 cm³/mol. The number of nitrogens with zero attached hydrogens (tertiary/aromatic N) is 2. The van der Waals surface area contributed by atoms with E-state index in [1.807, 2.05) is 4.98 Å². The third-order valence-corrected chi connectivity index (χ3v) is 2.51. The lowest BCUT2D eigenvalue weighted by atomic mass is 10.1. The molecular weight excluding hydrogens is 282 g/mol. The molecule has 0 atom stereocenters.